The van der Waals surface area contributed by atoms with Gasteiger partial charge in [0.25, 0.3) is 0 Å². The Labute approximate surface area is 167 Å². The lowest BCUT2D eigenvalue weighted by atomic mass is 10.1. The van der Waals surface area contributed by atoms with E-state index < -0.39 is 0 Å². The monoisotopic (exact) mass is 377 g/mol. The summed E-state index contributed by atoms with van der Waals surface area (Å²) in [4.78, 5) is 5.93. The molecule has 0 aliphatic carbocycles. The van der Waals surface area contributed by atoms with E-state index in [1.54, 1.807) is 5.06 Å². The van der Waals surface area contributed by atoms with E-state index in [0.717, 1.165) is 35.8 Å². The highest BCUT2D eigenvalue weighted by atomic mass is 16.7. The van der Waals surface area contributed by atoms with Crippen molar-refractivity contribution in [1.82, 2.24) is 0 Å². The van der Waals surface area contributed by atoms with Crippen LogP contribution in [0.1, 0.15) is 18.9 Å². The van der Waals surface area contributed by atoms with Crippen molar-refractivity contribution in [2.45, 2.75) is 19.8 Å². The fourth-order valence-corrected chi connectivity index (χ4v) is 2.84. The molecule has 0 fully saturated rings. The average molecular weight is 377 g/mol. The molecule has 0 N–H and O–H groups in total. The highest BCUT2D eigenvalue weighted by Crippen LogP contribution is 2.22. The maximum Gasteiger partial charge on any atom is 0.155 e. The van der Waals surface area contributed by atoms with Crippen LogP contribution < -0.4 is 19.4 Å². The van der Waals surface area contributed by atoms with Crippen LogP contribution in [-0.4, -0.2) is 20.3 Å². The van der Waals surface area contributed by atoms with Crippen LogP contribution in [0.3, 0.4) is 0 Å². The first kappa shape index (κ1) is 19.6. The minimum absolute atomic E-state index is 0.485. The molecule has 0 aromatic heterocycles. The second kappa shape index (κ2) is 10.3. The molecule has 0 bridgehead atoms. The number of rotatable bonds is 10. The number of nitrogens with zero attached hydrogens (tertiary/aromatic N) is 1. The first-order chi connectivity index (χ1) is 13.7. The Kier molecular flexibility index (Phi) is 7.19. The van der Waals surface area contributed by atoms with Crippen molar-refractivity contribution < 1.29 is 14.3 Å². The van der Waals surface area contributed by atoms with Gasteiger partial charge < -0.3 is 14.3 Å². The number of para-hydroxylation sites is 1. The molecule has 3 aromatic rings. The Morgan fingerprint density at radius 3 is 2.04 bits per heavy atom. The molecule has 0 aliphatic rings. The largest absolute Gasteiger partial charge is 0.490 e. The van der Waals surface area contributed by atoms with Crippen LogP contribution in [0, 0.1) is 0 Å². The van der Waals surface area contributed by atoms with Crippen LogP contribution >= 0.6 is 0 Å². The number of hydroxylamine groups is 1. The molecular formula is C24H27NO3. The van der Waals surface area contributed by atoms with E-state index in [1.165, 1.54) is 5.56 Å². The van der Waals surface area contributed by atoms with E-state index in [0.29, 0.717) is 13.2 Å². The fourth-order valence-electron chi connectivity index (χ4n) is 2.84. The van der Waals surface area contributed by atoms with Gasteiger partial charge in [-0.2, -0.15) is 0 Å². The van der Waals surface area contributed by atoms with E-state index in [9.17, 15) is 0 Å². The van der Waals surface area contributed by atoms with E-state index in [2.05, 4.69) is 25.1 Å². The molecule has 0 heterocycles. The number of ether oxygens (including phenoxy) is 2. The topological polar surface area (TPSA) is 30.9 Å². The summed E-state index contributed by atoms with van der Waals surface area (Å²) >= 11 is 0. The summed E-state index contributed by atoms with van der Waals surface area (Å²) in [5, 5.41) is 1.78. The third-order valence-electron chi connectivity index (χ3n) is 4.24. The first-order valence-corrected chi connectivity index (χ1v) is 9.66. The molecule has 0 unspecified atom stereocenters. The van der Waals surface area contributed by atoms with Crippen molar-refractivity contribution in [3.63, 3.8) is 0 Å². The zero-order valence-electron chi connectivity index (χ0n) is 16.5. The molecule has 3 rings (SSSR count). The van der Waals surface area contributed by atoms with Crippen molar-refractivity contribution in [3.05, 3.63) is 84.4 Å². The number of anilines is 1. The minimum Gasteiger partial charge on any atom is -0.490 e. The van der Waals surface area contributed by atoms with Gasteiger partial charge in [-0.3, -0.25) is 0 Å². The summed E-state index contributed by atoms with van der Waals surface area (Å²) in [5.74, 6) is 2.40. The third-order valence-corrected chi connectivity index (χ3v) is 4.24. The molecule has 0 amide bonds. The van der Waals surface area contributed by atoms with Gasteiger partial charge in [-0.1, -0.05) is 43.7 Å². The number of benzene rings is 3. The second-order valence-electron chi connectivity index (χ2n) is 6.49. The first-order valence-electron chi connectivity index (χ1n) is 9.66. The lowest BCUT2D eigenvalue weighted by molar-refractivity contribution is 0.217. The Hall–Kier alpha value is -3.14. The van der Waals surface area contributed by atoms with Crippen molar-refractivity contribution in [2.24, 2.45) is 0 Å². The molecular weight excluding hydrogens is 350 g/mol. The number of hydrogen-bond acceptors (Lipinski definition) is 4. The van der Waals surface area contributed by atoms with Gasteiger partial charge in [0.2, 0.25) is 0 Å². The van der Waals surface area contributed by atoms with Crippen molar-refractivity contribution in [1.29, 1.82) is 0 Å². The molecule has 146 valence electrons. The summed E-state index contributed by atoms with van der Waals surface area (Å²) < 4.78 is 11.3. The molecule has 4 heteroatoms. The predicted octanol–water partition coefficient (Wildman–Crippen LogP) is 5.53. The average Bonchev–Trinajstić information content (AvgIpc) is 2.73. The predicted molar refractivity (Wildman–Crippen MR) is 113 cm³/mol. The summed E-state index contributed by atoms with van der Waals surface area (Å²) in [6, 6.07) is 25.8. The molecule has 3 aromatic carbocycles. The molecule has 28 heavy (non-hydrogen) atoms. The zero-order chi connectivity index (χ0) is 19.6. The number of aryl methyl sites for hydroxylation is 1. The Bertz CT molecular complexity index is 834. The lowest BCUT2D eigenvalue weighted by Crippen LogP contribution is -2.21. The molecule has 0 radical (unpaired) electrons. The van der Waals surface area contributed by atoms with Gasteiger partial charge in [-0.25, -0.2) is 5.06 Å². The zero-order valence-corrected chi connectivity index (χ0v) is 16.5. The van der Waals surface area contributed by atoms with Crippen LogP contribution in [0.4, 0.5) is 5.69 Å². The summed E-state index contributed by atoms with van der Waals surface area (Å²) in [6.45, 7) is 3.17. The quantitative estimate of drug-likeness (QED) is 0.343. The highest BCUT2D eigenvalue weighted by molar-refractivity contribution is 5.47. The molecule has 0 spiro atoms. The minimum atomic E-state index is 0.485. The van der Waals surface area contributed by atoms with E-state index in [-0.39, 0.29) is 0 Å². The standard InChI is InChI=1S/C24H27NO3/c1-3-8-20-9-7-10-21(19-20)25(2)28-24-15-13-23(14-16-24)27-18-17-26-22-11-5-4-6-12-22/h4-7,9-16,19H,3,8,17-18H2,1-2H3. The van der Waals surface area contributed by atoms with Crippen LogP contribution in [0.25, 0.3) is 0 Å². The summed E-state index contributed by atoms with van der Waals surface area (Å²) in [5.41, 5.74) is 2.35. The summed E-state index contributed by atoms with van der Waals surface area (Å²) in [6.07, 6.45) is 2.20. The SMILES string of the molecule is CCCc1cccc(N(C)Oc2ccc(OCCOc3ccccc3)cc2)c1. The van der Waals surface area contributed by atoms with E-state index in [4.69, 9.17) is 14.3 Å². The van der Waals surface area contributed by atoms with Gasteiger partial charge in [0.15, 0.2) is 5.75 Å². The maximum atomic E-state index is 5.93. The third kappa shape index (κ3) is 5.95. The fraction of sp³-hybridized carbons (Fsp3) is 0.250. The van der Waals surface area contributed by atoms with Gasteiger partial charge in [0.1, 0.15) is 24.7 Å². The summed E-state index contributed by atoms with van der Waals surface area (Å²) in [7, 11) is 1.91. The Morgan fingerprint density at radius 2 is 1.36 bits per heavy atom. The number of hydrogen-bond donors (Lipinski definition) is 0. The normalized spacial score (nSPS) is 10.4. The maximum absolute atomic E-state index is 5.93. The van der Waals surface area contributed by atoms with Gasteiger partial charge in [0.05, 0.1) is 5.69 Å². The Morgan fingerprint density at radius 1 is 0.714 bits per heavy atom. The van der Waals surface area contributed by atoms with E-state index >= 15 is 0 Å². The highest BCUT2D eigenvalue weighted by Gasteiger charge is 2.05. The van der Waals surface area contributed by atoms with Crippen LogP contribution in [0.15, 0.2) is 78.9 Å². The molecule has 4 nitrogen and oxygen atoms in total. The van der Waals surface area contributed by atoms with Gasteiger partial charge in [0, 0.05) is 7.05 Å². The van der Waals surface area contributed by atoms with Gasteiger partial charge in [-0.05, 0) is 60.5 Å². The van der Waals surface area contributed by atoms with E-state index in [1.807, 2.05) is 67.7 Å². The van der Waals surface area contributed by atoms with Crippen LogP contribution in [0.2, 0.25) is 0 Å². The van der Waals surface area contributed by atoms with Gasteiger partial charge >= 0.3 is 0 Å². The Balaban J connectivity index is 1.46. The van der Waals surface area contributed by atoms with Crippen molar-refractivity contribution >= 4 is 5.69 Å². The molecule has 0 atom stereocenters. The van der Waals surface area contributed by atoms with Gasteiger partial charge in [-0.15, -0.1) is 0 Å². The van der Waals surface area contributed by atoms with Crippen molar-refractivity contribution in [3.8, 4) is 17.2 Å². The van der Waals surface area contributed by atoms with Crippen molar-refractivity contribution in [2.75, 3.05) is 25.3 Å². The molecule has 0 saturated heterocycles. The second-order valence-corrected chi connectivity index (χ2v) is 6.49. The van der Waals surface area contributed by atoms with Crippen LogP contribution in [0.5, 0.6) is 17.2 Å². The lowest BCUT2D eigenvalue weighted by Gasteiger charge is -2.20. The molecule has 0 saturated carbocycles. The van der Waals surface area contributed by atoms with Crippen LogP contribution in [-0.2, 0) is 6.42 Å². The molecule has 0 aliphatic heterocycles. The smallest absolute Gasteiger partial charge is 0.155 e.